The molecule has 2 heterocycles. The van der Waals surface area contributed by atoms with Crippen molar-refractivity contribution in [3.05, 3.63) is 34.5 Å². The van der Waals surface area contributed by atoms with Gasteiger partial charge in [-0.2, -0.15) is 0 Å². The number of hydrogen-bond acceptors (Lipinski definition) is 1. The summed E-state index contributed by atoms with van der Waals surface area (Å²) < 4.78 is 2.25. The van der Waals surface area contributed by atoms with Gasteiger partial charge in [0, 0.05) is 30.2 Å². The van der Waals surface area contributed by atoms with Gasteiger partial charge in [0.1, 0.15) is 0 Å². The molecule has 0 saturated heterocycles. The predicted molar refractivity (Wildman–Crippen MR) is 72.6 cm³/mol. The molecule has 2 aromatic rings. The van der Waals surface area contributed by atoms with E-state index in [0.29, 0.717) is 0 Å². The molecule has 0 spiro atoms. The lowest BCUT2D eigenvalue weighted by Gasteiger charge is -2.24. The number of fused-ring (bicyclic) bond motifs is 3. The van der Waals surface area contributed by atoms with E-state index in [1.165, 1.54) is 33.3 Å². The highest BCUT2D eigenvalue weighted by molar-refractivity contribution is 5.89. The van der Waals surface area contributed by atoms with E-state index < -0.39 is 0 Å². The van der Waals surface area contributed by atoms with Gasteiger partial charge in [0.25, 0.3) is 0 Å². The predicted octanol–water partition coefficient (Wildman–Crippen LogP) is 2.31. The Morgan fingerprint density at radius 3 is 2.78 bits per heavy atom. The molecule has 0 atom stereocenters. The smallest absolute Gasteiger partial charge is 0.210 e. The highest BCUT2D eigenvalue weighted by atomic mass is 16.1. The quantitative estimate of drug-likeness (QED) is 0.704. The zero-order valence-corrected chi connectivity index (χ0v) is 11.2. The van der Waals surface area contributed by atoms with Crippen molar-refractivity contribution in [2.24, 2.45) is 7.05 Å². The SMILES string of the molecule is Cc1cc(C)c2c3c(n(C)c2c1)CN(C=O)CC3. The minimum absolute atomic E-state index is 0.739. The van der Waals surface area contributed by atoms with Gasteiger partial charge >= 0.3 is 0 Å². The fraction of sp³-hybridized carbons (Fsp3) is 0.400. The fourth-order valence-electron chi connectivity index (χ4n) is 3.18. The van der Waals surface area contributed by atoms with E-state index in [9.17, 15) is 4.79 Å². The Balaban J connectivity index is 2.30. The Morgan fingerprint density at radius 1 is 1.28 bits per heavy atom. The zero-order chi connectivity index (χ0) is 12.9. The molecule has 0 unspecified atom stereocenters. The second-order valence-electron chi connectivity index (χ2n) is 5.29. The first-order valence-electron chi connectivity index (χ1n) is 6.38. The summed E-state index contributed by atoms with van der Waals surface area (Å²) in [6, 6.07) is 4.49. The molecule has 0 saturated carbocycles. The minimum atomic E-state index is 0.739. The van der Waals surface area contributed by atoms with Gasteiger partial charge in [0.05, 0.1) is 6.54 Å². The van der Waals surface area contributed by atoms with E-state index in [2.05, 4.69) is 37.6 Å². The van der Waals surface area contributed by atoms with Crippen molar-refractivity contribution in [1.82, 2.24) is 9.47 Å². The van der Waals surface area contributed by atoms with E-state index in [1.807, 2.05) is 4.90 Å². The summed E-state index contributed by atoms with van der Waals surface area (Å²) in [5, 5.41) is 1.39. The molecule has 0 bridgehead atoms. The Hall–Kier alpha value is -1.77. The topological polar surface area (TPSA) is 25.2 Å². The molecule has 1 aliphatic rings. The van der Waals surface area contributed by atoms with Gasteiger partial charge in [0.2, 0.25) is 6.41 Å². The third-order valence-electron chi connectivity index (χ3n) is 4.03. The van der Waals surface area contributed by atoms with Gasteiger partial charge in [-0.15, -0.1) is 0 Å². The van der Waals surface area contributed by atoms with E-state index in [0.717, 1.165) is 25.9 Å². The van der Waals surface area contributed by atoms with Crippen molar-refractivity contribution in [3.8, 4) is 0 Å². The molecule has 3 nitrogen and oxygen atoms in total. The van der Waals surface area contributed by atoms with Gasteiger partial charge in [-0.05, 0) is 43.0 Å². The van der Waals surface area contributed by atoms with Crippen LogP contribution in [-0.2, 0) is 24.8 Å². The summed E-state index contributed by atoms with van der Waals surface area (Å²) in [5.41, 5.74) is 6.66. The lowest BCUT2D eigenvalue weighted by Crippen LogP contribution is -2.29. The normalized spacial score (nSPS) is 14.9. The Bertz CT molecular complexity index is 640. The highest BCUT2D eigenvalue weighted by Gasteiger charge is 2.22. The molecule has 1 aliphatic heterocycles. The number of nitrogens with zero attached hydrogens (tertiary/aromatic N) is 2. The maximum absolute atomic E-state index is 10.9. The van der Waals surface area contributed by atoms with Crippen LogP contribution in [-0.4, -0.2) is 22.4 Å². The fourth-order valence-corrected chi connectivity index (χ4v) is 3.18. The standard InChI is InChI=1S/C15H18N2O/c1-10-6-11(2)15-12-4-5-17(9-18)8-14(12)16(3)13(15)7-10/h6-7,9H,4-5,8H2,1-3H3. The van der Waals surface area contributed by atoms with E-state index in [4.69, 9.17) is 0 Å². The van der Waals surface area contributed by atoms with Gasteiger partial charge in [0.15, 0.2) is 0 Å². The molecule has 1 aromatic carbocycles. The van der Waals surface area contributed by atoms with Gasteiger partial charge in [-0.25, -0.2) is 0 Å². The van der Waals surface area contributed by atoms with Gasteiger partial charge < -0.3 is 9.47 Å². The maximum atomic E-state index is 10.9. The largest absolute Gasteiger partial charge is 0.346 e. The lowest BCUT2D eigenvalue weighted by molar-refractivity contribution is -0.119. The van der Waals surface area contributed by atoms with Crippen LogP contribution in [0, 0.1) is 13.8 Å². The summed E-state index contributed by atoms with van der Waals surface area (Å²) in [7, 11) is 2.11. The highest BCUT2D eigenvalue weighted by Crippen LogP contribution is 2.32. The van der Waals surface area contributed by atoms with Crippen LogP contribution in [0.4, 0.5) is 0 Å². The van der Waals surface area contributed by atoms with Gasteiger partial charge in [-0.1, -0.05) is 6.07 Å². The summed E-state index contributed by atoms with van der Waals surface area (Å²) in [4.78, 5) is 12.8. The minimum Gasteiger partial charge on any atom is -0.346 e. The number of aromatic nitrogens is 1. The monoisotopic (exact) mass is 242 g/mol. The van der Waals surface area contributed by atoms with E-state index in [-0.39, 0.29) is 0 Å². The number of aryl methyl sites for hydroxylation is 3. The summed E-state index contributed by atoms with van der Waals surface area (Å²) in [5.74, 6) is 0. The van der Waals surface area contributed by atoms with Crippen molar-refractivity contribution in [2.75, 3.05) is 6.54 Å². The summed E-state index contributed by atoms with van der Waals surface area (Å²) in [6.45, 7) is 5.89. The molecule has 0 aliphatic carbocycles. The molecule has 18 heavy (non-hydrogen) atoms. The van der Waals surface area contributed by atoms with Crippen LogP contribution in [0.2, 0.25) is 0 Å². The third-order valence-corrected chi connectivity index (χ3v) is 4.03. The summed E-state index contributed by atoms with van der Waals surface area (Å²) in [6.07, 6.45) is 1.92. The van der Waals surface area contributed by atoms with Crippen LogP contribution in [0.25, 0.3) is 10.9 Å². The van der Waals surface area contributed by atoms with Crippen LogP contribution in [0.15, 0.2) is 12.1 Å². The van der Waals surface area contributed by atoms with Crippen molar-refractivity contribution in [3.63, 3.8) is 0 Å². The van der Waals surface area contributed by atoms with Crippen LogP contribution in [0.1, 0.15) is 22.4 Å². The molecular weight excluding hydrogens is 224 g/mol. The molecule has 1 aromatic heterocycles. The molecule has 94 valence electrons. The number of carbonyl (C=O) groups is 1. The number of rotatable bonds is 1. The lowest BCUT2D eigenvalue weighted by atomic mass is 9.99. The first kappa shape index (κ1) is 11.3. The van der Waals surface area contributed by atoms with E-state index >= 15 is 0 Å². The van der Waals surface area contributed by atoms with E-state index in [1.54, 1.807) is 0 Å². The molecule has 3 heteroatoms. The summed E-state index contributed by atoms with van der Waals surface area (Å²) >= 11 is 0. The number of hydrogen-bond donors (Lipinski definition) is 0. The molecular formula is C15H18N2O. The van der Waals surface area contributed by atoms with Crippen LogP contribution < -0.4 is 0 Å². The first-order chi connectivity index (χ1) is 8.61. The maximum Gasteiger partial charge on any atom is 0.210 e. The van der Waals surface area contributed by atoms with Crippen molar-refractivity contribution in [2.45, 2.75) is 26.8 Å². The first-order valence-corrected chi connectivity index (χ1v) is 6.38. The third kappa shape index (κ3) is 1.47. The number of carbonyl (C=O) groups excluding carboxylic acids is 1. The Labute approximate surface area is 107 Å². The average molecular weight is 242 g/mol. The molecule has 1 amide bonds. The average Bonchev–Trinajstić information content (AvgIpc) is 2.63. The number of amides is 1. The zero-order valence-electron chi connectivity index (χ0n) is 11.2. The Kier molecular flexibility index (Phi) is 2.44. The molecule has 0 N–H and O–H groups in total. The number of benzene rings is 1. The second-order valence-corrected chi connectivity index (χ2v) is 5.29. The second kappa shape index (κ2) is 3.87. The van der Waals surface area contributed by atoms with Gasteiger partial charge in [-0.3, -0.25) is 4.79 Å². The molecule has 3 rings (SSSR count). The van der Waals surface area contributed by atoms with Crippen molar-refractivity contribution >= 4 is 17.3 Å². The van der Waals surface area contributed by atoms with Crippen LogP contribution in [0.3, 0.4) is 0 Å². The van der Waals surface area contributed by atoms with Crippen molar-refractivity contribution < 1.29 is 4.79 Å². The Morgan fingerprint density at radius 2 is 2.06 bits per heavy atom. The van der Waals surface area contributed by atoms with Crippen molar-refractivity contribution in [1.29, 1.82) is 0 Å². The molecule has 0 fully saturated rings. The molecule has 0 radical (unpaired) electrons. The van der Waals surface area contributed by atoms with Crippen LogP contribution >= 0.6 is 0 Å². The van der Waals surface area contributed by atoms with Crippen LogP contribution in [0.5, 0.6) is 0 Å².